The maximum atomic E-state index is 11.1. The van der Waals surface area contributed by atoms with Gasteiger partial charge in [-0.3, -0.25) is 9.69 Å². The molecule has 0 aliphatic carbocycles. The summed E-state index contributed by atoms with van der Waals surface area (Å²) in [6.45, 7) is 6.98. The molecule has 2 aromatic carbocycles. The molecule has 0 aromatic heterocycles. The summed E-state index contributed by atoms with van der Waals surface area (Å²) in [7, 11) is 0. The van der Waals surface area contributed by atoms with Gasteiger partial charge in [-0.15, -0.1) is 0 Å². The van der Waals surface area contributed by atoms with E-state index in [1.54, 1.807) is 0 Å². The first-order chi connectivity index (χ1) is 12.0. The van der Waals surface area contributed by atoms with E-state index in [2.05, 4.69) is 30.1 Å². The Morgan fingerprint density at radius 3 is 2.56 bits per heavy atom. The molecule has 1 saturated heterocycles. The van der Waals surface area contributed by atoms with Crippen LogP contribution in [0, 0.1) is 13.8 Å². The van der Waals surface area contributed by atoms with Crippen LogP contribution in [0.4, 0.5) is 0 Å². The number of nitrogens with one attached hydrogen (secondary N) is 1. The molecular weight excluding hydrogens is 316 g/mol. The van der Waals surface area contributed by atoms with Gasteiger partial charge < -0.3 is 15.2 Å². The van der Waals surface area contributed by atoms with Crippen molar-refractivity contribution < 1.29 is 14.6 Å². The number of carboxylic acid groups (broad SMARTS) is 1. The van der Waals surface area contributed by atoms with Gasteiger partial charge in [0.15, 0.2) is 0 Å². The van der Waals surface area contributed by atoms with Crippen LogP contribution in [0.5, 0.6) is 11.5 Å². The highest BCUT2D eigenvalue weighted by Crippen LogP contribution is 2.24. The third-order valence-electron chi connectivity index (χ3n) is 4.60. The summed E-state index contributed by atoms with van der Waals surface area (Å²) in [6.07, 6.45) is 0. The Hall–Kier alpha value is -2.37. The zero-order chi connectivity index (χ0) is 17.8. The first-order valence-corrected chi connectivity index (χ1v) is 8.54. The summed E-state index contributed by atoms with van der Waals surface area (Å²) >= 11 is 0. The fraction of sp³-hybridized carbons (Fsp3) is 0.350. The quantitative estimate of drug-likeness (QED) is 0.876. The van der Waals surface area contributed by atoms with Crippen LogP contribution in [0.3, 0.4) is 0 Å². The molecule has 5 heteroatoms. The molecular formula is C20H24N2O3. The molecule has 0 saturated carbocycles. The highest BCUT2D eigenvalue weighted by Gasteiger charge is 2.24. The topological polar surface area (TPSA) is 61.8 Å². The average Bonchev–Trinajstić information content (AvgIpc) is 2.60. The van der Waals surface area contributed by atoms with Crippen LogP contribution in [-0.2, 0) is 11.3 Å². The van der Waals surface area contributed by atoms with E-state index in [1.165, 1.54) is 11.1 Å². The number of piperazine rings is 1. The molecule has 0 spiro atoms. The van der Waals surface area contributed by atoms with Gasteiger partial charge in [0.2, 0.25) is 0 Å². The van der Waals surface area contributed by atoms with E-state index in [1.807, 2.05) is 36.4 Å². The summed E-state index contributed by atoms with van der Waals surface area (Å²) in [4.78, 5) is 13.3. The van der Waals surface area contributed by atoms with E-state index in [4.69, 9.17) is 9.84 Å². The van der Waals surface area contributed by atoms with Crippen molar-refractivity contribution in [2.75, 3.05) is 19.6 Å². The number of hydrogen-bond acceptors (Lipinski definition) is 4. The van der Waals surface area contributed by atoms with Crippen molar-refractivity contribution in [2.45, 2.75) is 26.4 Å². The van der Waals surface area contributed by atoms with Crippen molar-refractivity contribution in [1.29, 1.82) is 0 Å². The molecule has 2 aromatic rings. The zero-order valence-corrected chi connectivity index (χ0v) is 14.7. The fourth-order valence-electron chi connectivity index (χ4n) is 2.95. The Labute approximate surface area is 148 Å². The van der Waals surface area contributed by atoms with Gasteiger partial charge >= 0.3 is 5.97 Å². The van der Waals surface area contributed by atoms with Gasteiger partial charge in [-0.1, -0.05) is 18.2 Å². The monoisotopic (exact) mass is 340 g/mol. The van der Waals surface area contributed by atoms with E-state index in [0.29, 0.717) is 13.1 Å². The SMILES string of the molecule is Cc1ccc(Oc2ccc(CN3CCN[C@@H](C(=O)O)C3)cc2)cc1C. The molecule has 1 aliphatic rings. The van der Waals surface area contributed by atoms with E-state index in [-0.39, 0.29) is 0 Å². The highest BCUT2D eigenvalue weighted by atomic mass is 16.5. The molecule has 0 bridgehead atoms. The van der Waals surface area contributed by atoms with Gasteiger partial charge in [0, 0.05) is 26.2 Å². The number of carboxylic acids is 1. The van der Waals surface area contributed by atoms with Crippen LogP contribution in [0.15, 0.2) is 42.5 Å². The molecule has 0 radical (unpaired) electrons. The van der Waals surface area contributed by atoms with Gasteiger partial charge in [0.1, 0.15) is 17.5 Å². The second kappa shape index (κ2) is 7.68. The Morgan fingerprint density at radius 1 is 1.16 bits per heavy atom. The number of ether oxygens (including phenoxy) is 1. The molecule has 132 valence electrons. The van der Waals surface area contributed by atoms with Crippen LogP contribution in [-0.4, -0.2) is 41.7 Å². The third-order valence-corrected chi connectivity index (χ3v) is 4.60. The molecule has 2 N–H and O–H groups in total. The molecule has 0 unspecified atom stereocenters. The summed E-state index contributed by atoms with van der Waals surface area (Å²) in [6, 6.07) is 13.6. The molecule has 1 aliphatic heterocycles. The Bertz CT molecular complexity index is 743. The van der Waals surface area contributed by atoms with E-state index >= 15 is 0 Å². The van der Waals surface area contributed by atoms with E-state index in [9.17, 15) is 4.79 Å². The van der Waals surface area contributed by atoms with Gasteiger partial charge in [0.05, 0.1) is 0 Å². The van der Waals surface area contributed by atoms with Crippen molar-refractivity contribution in [3.05, 3.63) is 59.2 Å². The minimum Gasteiger partial charge on any atom is -0.480 e. The van der Waals surface area contributed by atoms with Crippen molar-refractivity contribution in [3.63, 3.8) is 0 Å². The number of aliphatic carboxylic acids is 1. The van der Waals surface area contributed by atoms with Gasteiger partial charge in [-0.2, -0.15) is 0 Å². The lowest BCUT2D eigenvalue weighted by Crippen LogP contribution is -2.53. The smallest absolute Gasteiger partial charge is 0.322 e. The fourth-order valence-corrected chi connectivity index (χ4v) is 2.95. The summed E-state index contributed by atoms with van der Waals surface area (Å²) < 4.78 is 5.91. The number of hydrogen-bond donors (Lipinski definition) is 2. The largest absolute Gasteiger partial charge is 0.480 e. The summed E-state index contributed by atoms with van der Waals surface area (Å²) in [5, 5.41) is 12.1. The van der Waals surface area contributed by atoms with Crippen LogP contribution < -0.4 is 10.1 Å². The predicted octanol–water partition coefficient (Wildman–Crippen LogP) is 2.95. The molecule has 1 fully saturated rings. The number of benzene rings is 2. The second-order valence-electron chi connectivity index (χ2n) is 6.57. The molecule has 25 heavy (non-hydrogen) atoms. The molecule has 3 rings (SSSR count). The lowest BCUT2D eigenvalue weighted by Gasteiger charge is -2.31. The number of rotatable bonds is 5. The van der Waals surface area contributed by atoms with E-state index in [0.717, 1.165) is 30.2 Å². The summed E-state index contributed by atoms with van der Waals surface area (Å²) in [5.41, 5.74) is 3.61. The Morgan fingerprint density at radius 2 is 1.88 bits per heavy atom. The van der Waals surface area contributed by atoms with Crippen molar-refractivity contribution in [1.82, 2.24) is 10.2 Å². The number of carbonyl (C=O) groups is 1. The van der Waals surface area contributed by atoms with Gasteiger partial charge in [0.25, 0.3) is 0 Å². The Kier molecular flexibility index (Phi) is 5.36. The number of nitrogens with zero attached hydrogens (tertiary/aromatic N) is 1. The minimum absolute atomic E-state index is 0.485. The zero-order valence-electron chi connectivity index (χ0n) is 14.7. The van der Waals surface area contributed by atoms with Crippen molar-refractivity contribution in [2.24, 2.45) is 0 Å². The first kappa shape index (κ1) is 17.5. The third kappa shape index (κ3) is 4.59. The lowest BCUT2D eigenvalue weighted by atomic mass is 10.1. The van der Waals surface area contributed by atoms with E-state index < -0.39 is 12.0 Å². The maximum absolute atomic E-state index is 11.1. The average molecular weight is 340 g/mol. The minimum atomic E-state index is -0.790. The van der Waals surface area contributed by atoms with Crippen molar-refractivity contribution in [3.8, 4) is 11.5 Å². The predicted molar refractivity (Wildman–Crippen MR) is 97.1 cm³/mol. The van der Waals surface area contributed by atoms with Gasteiger partial charge in [-0.05, 0) is 54.8 Å². The first-order valence-electron chi connectivity index (χ1n) is 8.54. The molecule has 1 heterocycles. The van der Waals surface area contributed by atoms with Crippen LogP contribution in [0.1, 0.15) is 16.7 Å². The van der Waals surface area contributed by atoms with Crippen molar-refractivity contribution >= 4 is 5.97 Å². The molecule has 5 nitrogen and oxygen atoms in total. The highest BCUT2D eigenvalue weighted by molar-refractivity contribution is 5.73. The standard InChI is InChI=1S/C20H24N2O3/c1-14-3-6-18(11-15(14)2)25-17-7-4-16(5-8-17)12-22-10-9-21-19(13-22)20(23)24/h3-8,11,19,21H,9-10,12-13H2,1-2H3,(H,23,24)/t19-/m1/s1. The Balaban J connectivity index is 1.60. The van der Waals surface area contributed by atoms with Crippen LogP contribution in [0.25, 0.3) is 0 Å². The van der Waals surface area contributed by atoms with Gasteiger partial charge in [-0.25, -0.2) is 0 Å². The lowest BCUT2D eigenvalue weighted by molar-refractivity contribution is -0.140. The maximum Gasteiger partial charge on any atom is 0.322 e. The molecule has 0 amide bonds. The van der Waals surface area contributed by atoms with Crippen LogP contribution >= 0.6 is 0 Å². The molecule has 1 atom stereocenters. The normalized spacial score (nSPS) is 18.1. The van der Waals surface area contributed by atoms with Crippen LogP contribution in [0.2, 0.25) is 0 Å². The number of aryl methyl sites for hydroxylation is 2. The summed E-state index contributed by atoms with van der Waals surface area (Å²) in [5.74, 6) is 0.847. The second-order valence-corrected chi connectivity index (χ2v) is 6.57.